The molecule has 17 heavy (non-hydrogen) atoms. The number of hydrogen-bond acceptors (Lipinski definition) is 3. The highest BCUT2D eigenvalue weighted by Gasteiger charge is 2.17. The van der Waals surface area contributed by atoms with E-state index in [2.05, 4.69) is 5.32 Å². The third kappa shape index (κ3) is 2.75. The van der Waals surface area contributed by atoms with E-state index in [1.165, 1.54) is 25.7 Å². The molecule has 1 aromatic rings. The van der Waals surface area contributed by atoms with E-state index >= 15 is 0 Å². The van der Waals surface area contributed by atoms with Gasteiger partial charge in [0.15, 0.2) is 0 Å². The monoisotopic (exact) mass is 234 g/mol. The molecule has 1 saturated carbocycles. The van der Waals surface area contributed by atoms with E-state index in [0.717, 1.165) is 23.7 Å². The van der Waals surface area contributed by atoms with Crippen molar-refractivity contribution in [3.63, 3.8) is 0 Å². The minimum Gasteiger partial charge on any atom is -0.385 e. The van der Waals surface area contributed by atoms with E-state index in [1.54, 1.807) is 19.1 Å². The van der Waals surface area contributed by atoms with Crippen LogP contribution in [0.25, 0.3) is 0 Å². The molecule has 0 spiro atoms. The van der Waals surface area contributed by atoms with Gasteiger partial charge in [0, 0.05) is 23.9 Å². The molecule has 92 valence electrons. The first-order valence-electron chi connectivity index (χ1n) is 6.16. The second kappa shape index (κ2) is 5.17. The van der Waals surface area contributed by atoms with Crippen molar-refractivity contribution in [2.75, 3.05) is 11.9 Å². The van der Waals surface area contributed by atoms with Gasteiger partial charge in [-0.25, -0.2) is 0 Å². The molecule has 0 bridgehead atoms. The third-order valence-corrected chi connectivity index (χ3v) is 3.59. The van der Waals surface area contributed by atoms with Crippen LogP contribution >= 0.6 is 0 Å². The summed E-state index contributed by atoms with van der Waals surface area (Å²) in [6, 6.07) is 5.19. The maximum absolute atomic E-state index is 10.8. The van der Waals surface area contributed by atoms with Crippen molar-refractivity contribution in [1.82, 2.24) is 0 Å². The van der Waals surface area contributed by atoms with Crippen LogP contribution in [0, 0.1) is 23.0 Å². The van der Waals surface area contributed by atoms with Crippen LogP contribution in [0.5, 0.6) is 0 Å². The zero-order valence-corrected chi connectivity index (χ0v) is 10.1. The lowest BCUT2D eigenvalue weighted by Gasteiger charge is -2.25. The summed E-state index contributed by atoms with van der Waals surface area (Å²) in [4.78, 5) is 10.5. The van der Waals surface area contributed by atoms with E-state index in [0.29, 0.717) is 0 Å². The minimum atomic E-state index is -0.327. The molecule has 1 N–H and O–H groups in total. The lowest BCUT2D eigenvalue weighted by Crippen LogP contribution is -2.16. The number of nitrogens with one attached hydrogen (secondary N) is 1. The molecule has 1 fully saturated rings. The fourth-order valence-electron chi connectivity index (χ4n) is 2.21. The molecule has 0 heterocycles. The Morgan fingerprint density at radius 1 is 1.47 bits per heavy atom. The zero-order valence-electron chi connectivity index (χ0n) is 10.1. The Balaban J connectivity index is 1.95. The van der Waals surface area contributed by atoms with Crippen LogP contribution in [0.15, 0.2) is 18.2 Å². The minimum absolute atomic E-state index is 0.193. The molecule has 0 unspecified atom stereocenters. The van der Waals surface area contributed by atoms with Crippen LogP contribution in [0.2, 0.25) is 0 Å². The Hall–Kier alpha value is -1.58. The van der Waals surface area contributed by atoms with E-state index < -0.39 is 0 Å². The number of nitro groups is 1. The smallest absolute Gasteiger partial charge is 0.274 e. The summed E-state index contributed by atoms with van der Waals surface area (Å²) in [6.45, 7) is 2.70. The normalized spacial score (nSPS) is 15.4. The molecule has 0 radical (unpaired) electrons. The second-order valence-corrected chi connectivity index (χ2v) is 4.72. The van der Waals surface area contributed by atoms with Gasteiger partial charge >= 0.3 is 0 Å². The SMILES string of the molecule is Cc1c(NCCC2CCC2)cccc1[N+](=O)[O-]. The fourth-order valence-corrected chi connectivity index (χ4v) is 2.21. The molecular weight excluding hydrogens is 216 g/mol. The van der Waals surface area contributed by atoms with Gasteiger partial charge in [0.25, 0.3) is 5.69 Å². The summed E-state index contributed by atoms with van der Waals surface area (Å²) in [5, 5.41) is 14.1. The summed E-state index contributed by atoms with van der Waals surface area (Å²) in [5.41, 5.74) is 1.81. The highest BCUT2D eigenvalue weighted by molar-refractivity contribution is 5.59. The van der Waals surface area contributed by atoms with Gasteiger partial charge in [-0.3, -0.25) is 10.1 Å². The maximum atomic E-state index is 10.8. The highest BCUT2D eigenvalue weighted by Crippen LogP contribution is 2.30. The number of nitro benzene ring substituents is 1. The third-order valence-electron chi connectivity index (χ3n) is 3.59. The molecule has 1 aromatic carbocycles. The van der Waals surface area contributed by atoms with E-state index in [-0.39, 0.29) is 10.6 Å². The van der Waals surface area contributed by atoms with Crippen molar-refractivity contribution in [2.45, 2.75) is 32.6 Å². The zero-order chi connectivity index (χ0) is 12.3. The van der Waals surface area contributed by atoms with Gasteiger partial charge in [-0.2, -0.15) is 0 Å². The summed E-state index contributed by atoms with van der Waals surface area (Å²) in [7, 11) is 0. The molecule has 4 heteroatoms. The number of rotatable bonds is 5. The van der Waals surface area contributed by atoms with Crippen molar-refractivity contribution in [2.24, 2.45) is 5.92 Å². The molecule has 2 rings (SSSR count). The molecule has 0 saturated heterocycles. The topological polar surface area (TPSA) is 55.2 Å². The number of hydrogen-bond donors (Lipinski definition) is 1. The average Bonchev–Trinajstić information content (AvgIpc) is 2.23. The summed E-state index contributed by atoms with van der Waals surface area (Å²) < 4.78 is 0. The van der Waals surface area contributed by atoms with Gasteiger partial charge in [0.2, 0.25) is 0 Å². The van der Waals surface area contributed by atoms with Crippen molar-refractivity contribution in [1.29, 1.82) is 0 Å². The van der Waals surface area contributed by atoms with Crippen molar-refractivity contribution >= 4 is 11.4 Å². The summed E-state index contributed by atoms with van der Waals surface area (Å²) in [6.07, 6.45) is 5.22. The Labute approximate surface area is 101 Å². The van der Waals surface area contributed by atoms with Crippen LogP contribution in [-0.2, 0) is 0 Å². The molecule has 4 nitrogen and oxygen atoms in total. The Bertz CT molecular complexity index is 414. The van der Waals surface area contributed by atoms with Crippen molar-refractivity contribution in [3.05, 3.63) is 33.9 Å². The molecule has 0 aromatic heterocycles. The van der Waals surface area contributed by atoms with E-state index in [9.17, 15) is 10.1 Å². The van der Waals surface area contributed by atoms with Gasteiger partial charge in [-0.05, 0) is 25.3 Å². The molecular formula is C13H18N2O2. The van der Waals surface area contributed by atoms with E-state index in [1.807, 2.05) is 6.07 Å². The second-order valence-electron chi connectivity index (χ2n) is 4.72. The van der Waals surface area contributed by atoms with Gasteiger partial charge in [0.05, 0.1) is 4.92 Å². The Kier molecular flexibility index (Phi) is 3.61. The Morgan fingerprint density at radius 2 is 2.24 bits per heavy atom. The van der Waals surface area contributed by atoms with Crippen LogP contribution < -0.4 is 5.32 Å². The van der Waals surface area contributed by atoms with Gasteiger partial charge in [-0.1, -0.05) is 25.3 Å². The molecule has 1 aliphatic rings. The lowest BCUT2D eigenvalue weighted by atomic mass is 9.83. The number of anilines is 1. The largest absolute Gasteiger partial charge is 0.385 e. The highest BCUT2D eigenvalue weighted by atomic mass is 16.6. The fraction of sp³-hybridized carbons (Fsp3) is 0.538. The first kappa shape index (κ1) is 11.9. The van der Waals surface area contributed by atoms with Crippen LogP contribution in [0.1, 0.15) is 31.2 Å². The average molecular weight is 234 g/mol. The van der Waals surface area contributed by atoms with Gasteiger partial charge in [-0.15, -0.1) is 0 Å². The Morgan fingerprint density at radius 3 is 2.82 bits per heavy atom. The number of nitrogens with zero attached hydrogens (tertiary/aromatic N) is 1. The van der Waals surface area contributed by atoms with Gasteiger partial charge < -0.3 is 5.32 Å². The first-order valence-corrected chi connectivity index (χ1v) is 6.16. The summed E-state index contributed by atoms with van der Waals surface area (Å²) in [5.74, 6) is 0.863. The van der Waals surface area contributed by atoms with Crippen molar-refractivity contribution in [3.8, 4) is 0 Å². The molecule has 0 atom stereocenters. The first-order chi connectivity index (χ1) is 8.18. The molecule has 0 aliphatic heterocycles. The standard InChI is InChI=1S/C13H18N2O2/c1-10-12(6-3-7-13(10)15(16)17)14-9-8-11-4-2-5-11/h3,6-7,11,14H,2,4-5,8-9H2,1H3. The van der Waals surface area contributed by atoms with E-state index in [4.69, 9.17) is 0 Å². The van der Waals surface area contributed by atoms with Crippen LogP contribution in [0.3, 0.4) is 0 Å². The predicted octanol–water partition coefficient (Wildman–Crippen LogP) is 3.51. The molecule has 0 amide bonds. The van der Waals surface area contributed by atoms with Crippen molar-refractivity contribution < 1.29 is 4.92 Å². The van der Waals surface area contributed by atoms with Crippen LogP contribution in [-0.4, -0.2) is 11.5 Å². The lowest BCUT2D eigenvalue weighted by molar-refractivity contribution is -0.385. The van der Waals surface area contributed by atoms with Crippen LogP contribution in [0.4, 0.5) is 11.4 Å². The van der Waals surface area contributed by atoms with Gasteiger partial charge in [0.1, 0.15) is 0 Å². The predicted molar refractivity (Wildman–Crippen MR) is 68.3 cm³/mol. The molecule has 1 aliphatic carbocycles. The number of benzene rings is 1. The summed E-state index contributed by atoms with van der Waals surface area (Å²) >= 11 is 0. The quantitative estimate of drug-likeness (QED) is 0.626. The maximum Gasteiger partial charge on any atom is 0.274 e.